The van der Waals surface area contributed by atoms with Gasteiger partial charge in [0.1, 0.15) is 6.23 Å². The van der Waals surface area contributed by atoms with Gasteiger partial charge in [-0.2, -0.15) is 4.98 Å². The lowest BCUT2D eigenvalue weighted by Gasteiger charge is -2.36. The normalized spacial score (nSPS) is 25.2. The van der Waals surface area contributed by atoms with Crippen molar-refractivity contribution < 1.29 is 13.6 Å². The molecule has 1 aliphatic heterocycles. The molecule has 0 aromatic carbocycles. The lowest BCUT2D eigenvalue weighted by atomic mass is 10.1. The van der Waals surface area contributed by atoms with Gasteiger partial charge in [0.2, 0.25) is 0 Å². The van der Waals surface area contributed by atoms with Crippen molar-refractivity contribution in [2.45, 2.75) is 64.6 Å². The van der Waals surface area contributed by atoms with E-state index in [0.717, 1.165) is 12.6 Å². The molecule has 24 heavy (non-hydrogen) atoms. The summed E-state index contributed by atoms with van der Waals surface area (Å²) in [5.74, 6) is -1.05. The predicted octanol–water partition coefficient (Wildman–Crippen LogP) is 2.91. The van der Waals surface area contributed by atoms with Crippen LogP contribution in [0.4, 0.5) is 10.2 Å². The van der Waals surface area contributed by atoms with Crippen LogP contribution in [0.15, 0.2) is 11.0 Å². The van der Waals surface area contributed by atoms with Gasteiger partial charge < -0.3 is 14.9 Å². The summed E-state index contributed by atoms with van der Waals surface area (Å²) >= 11 is 0. The van der Waals surface area contributed by atoms with Crippen LogP contribution in [0.1, 0.15) is 40.3 Å². The third-order valence-corrected chi connectivity index (χ3v) is 9.60. The van der Waals surface area contributed by atoms with E-state index >= 15 is 0 Å². The molecule has 136 valence electrons. The minimum absolute atomic E-state index is 0.0561. The number of hydrogen-bond acceptors (Lipinski definition) is 5. The van der Waals surface area contributed by atoms with E-state index in [1.54, 1.807) is 0 Å². The molecule has 0 amide bonds. The van der Waals surface area contributed by atoms with E-state index in [1.807, 2.05) is 6.92 Å². The maximum absolute atomic E-state index is 13.7. The second-order valence-corrected chi connectivity index (χ2v) is 12.9. The fourth-order valence-corrected chi connectivity index (χ4v) is 3.56. The smallest absolute Gasteiger partial charge is 0.351 e. The van der Waals surface area contributed by atoms with Gasteiger partial charge in [0, 0.05) is 5.92 Å². The Morgan fingerprint density at radius 3 is 2.71 bits per heavy atom. The van der Waals surface area contributed by atoms with Crippen molar-refractivity contribution >= 4 is 14.1 Å². The Hall–Kier alpha value is -1.25. The van der Waals surface area contributed by atoms with Crippen molar-refractivity contribution in [3.8, 4) is 0 Å². The summed E-state index contributed by atoms with van der Waals surface area (Å²) in [6.45, 7) is 13.4. The molecular weight excluding hydrogens is 329 g/mol. The van der Waals surface area contributed by atoms with Crippen molar-refractivity contribution in [2.75, 3.05) is 12.3 Å². The monoisotopic (exact) mass is 357 g/mol. The zero-order valence-corrected chi connectivity index (χ0v) is 16.3. The van der Waals surface area contributed by atoms with Crippen LogP contribution in [0.3, 0.4) is 0 Å². The fourth-order valence-electron chi connectivity index (χ4n) is 2.52. The number of rotatable bonds is 4. The topological polar surface area (TPSA) is 79.4 Å². The Bertz CT molecular complexity index is 657. The number of nitrogens with zero attached hydrogens (tertiary/aromatic N) is 2. The van der Waals surface area contributed by atoms with Gasteiger partial charge in [-0.25, -0.2) is 9.18 Å². The highest BCUT2D eigenvalue weighted by Gasteiger charge is 2.40. The Labute approximate surface area is 143 Å². The molecule has 0 aliphatic carbocycles. The molecule has 0 saturated carbocycles. The molecule has 2 heterocycles. The highest BCUT2D eigenvalue weighted by molar-refractivity contribution is 6.74. The Balaban J connectivity index is 2.08. The number of hydrogen-bond donors (Lipinski definition) is 1. The third-order valence-electron chi connectivity index (χ3n) is 5.10. The number of ether oxygens (including phenoxy) is 1. The van der Waals surface area contributed by atoms with Crippen LogP contribution in [-0.4, -0.2) is 30.6 Å². The molecule has 3 atom stereocenters. The summed E-state index contributed by atoms with van der Waals surface area (Å²) in [4.78, 5) is 15.5. The lowest BCUT2D eigenvalue weighted by Crippen LogP contribution is -2.42. The van der Waals surface area contributed by atoms with Crippen LogP contribution in [-0.2, 0) is 9.16 Å². The maximum Gasteiger partial charge on any atom is 0.351 e. The van der Waals surface area contributed by atoms with Crippen LogP contribution < -0.4 is 11.4 Å². The zero-order valence-electron chi connectivity index (χ0n) is 15.3. The van der Waals surface area contributed by atoms with Crippen molar-refractivity contribution in [1.29, 1.82) is 0 Å². The molecule has 0 spiro atoms. The average Bonchev–Trinajstić information content (AvgIpc) is 2.80. The van der Waals surface area contributed by atoms with E-state index < -0.39 is 26.1 Å². The minimum Gasteiger partial charge on any atom is -0.414 e. The van der Waals surface area contributed by atoms with Crippen molar-refractivity contribution in [3.05, 3.63) is 22.5 Å². The lowest BCUT2D eigenvalue weighted by molar-refractivity contribution is -0.0318. The van der Waals surface area contributed by atoms with E-state index in [1.165, 1.54) is 4.57 Å². The SMILES string of the molecule is CC1C[C@@H](CO[Si](C)(C)C(C)(C)C)O[C@H]1n1cc(F)c(N)nc1=O. The molecule has 2 N–H and O–H groups in total. The standard InChI is InChI=1S/C16H28FN3O3Si/c1-10-7-11(9-22-24(5,6)16(2,3)4)23-14(10)20-8-12(17)13(18)19-15(20)21/h8,10-11,14H,7,9H2,1-6H3,(H2,18,19,21)/t10?,11-,14+/m0/s1. The molecule has 0 bridgehead atoms. The van der Waals surface area contributed by atoms with E-state index in [2.05, 4.69) is 38.8 Å². The molecule has 2 rings (SSSR count). The van der Waals surface area contributed by atoms with E-state index in [-0.39, 0.29) is 22.9 Å². The average molecular weight is 358 g/mol. The number of nitrogens with two attached hydrogens (primary N) is 1. The first-order chi connectivity index (χ1) is 10.9. The Morgan fingerprint density at radius 1 is 1.50 bits per heavy atom. The van der Waals surface area contributed by atoms with Crippen LogP contribution in [0.5, 0.6) is 0 Å². The van der Waals surface area contributed by atoms with Gasteiger partial charge in [-0.05, 0) is 24.6 Å². The fraction of sp³-hybridized carbons (Fsp3) is 0.750. The number of anilines is 1. The molecule has 1 aromatic rings. The van der Waals surface area contributed by atoms with Crippen LogP contribution in [0.2, 0.25) is 18.1 Å². The van der Waals surface area contributed by atoms with Crippen LogP contribution in [0.25, 0.3) is 0 Å². The van der Waals surface area contributed by atoms with Gasteiger partial charge in [-0.3, -0.25) is 4.57 Å². The number of halogens is 1. The molecular formula is C16H28FN3O3Si. The molecule has 1 saturated heterocycles. The molecule has 1 fully saturated rings. The van der Waals surface area contributed by atoms with Gasteiger partial charge >= 0.3 is 5.69 Å². The van der Waals surface area contributed by atoms with Crippen LogP contribution in [0, 0.1) is 11.7 Å². The summed E-state index contributed by atoms with van der Waals surface area (Å²) in [6, 6.07) is 0. The summed E-state index contributed by atoms with van der Waals surface area (Å²) in [5.41, 5.74) is 4.73. The van der Waals surface area contributed by atoms with Crippen molar-refractivity contribution in [3.63, 3.8) is 0 Å². The molecule has 0 radical (unpaired) electrons. The van der Waals surface area contributed by atoms with Gasteiger partial charge in [0.05, 0.1) is 18.9 Å². The third kappa shape index (κ3) is 3.87. The first kappa shape index (κ1) is 19.1. The van der Waals surface area contributed by atoms with Crippen LogP contribution >= 0.6 is 0 Å². The molecule has 6 nitrogen and oxygen atoms in total. The zero-order chi connectivity index (χ0) is 18.3. The first-order valence-corrected chi connectivity index (χ1v) is 11.2. The maximum atomic E-state index is 13.7. The van der Waals surface area contributed by atoms with E-state index in [9.17, 15) is 9.18 Å². The van der Waals surface area contributed by atoms with Gasteiger partial charge in [-0.15, -0.1) is 0 Å². The van der Waals surface area contributed by atoms with Crippen molar-refractivity contribution in [2.24, 2.45) is 5.92 Å². The highest BCUT2D eigenvalue weighted by Crippen LogP contribution is 2.38. The van der Waals surface area contributed by atoms with E-state index in [0.29, 0.717) is 6.61 Å². The Kier molecular flexibility index (Phi) is 5.22. The van der Waals surface area contributed by atoms with Gasteiger partial charge in [0.15, 0.2) is 20.0 Å². The molecule has 1 aromatic heterocycles. The van der Waals surface area contributed by atoms with Gasteiger partial charge in [0.25, 0.3) is 0 Å². The summed E-state index contributed by atoms with van der Waals surface area (Å²) in [6.07, 6.45) is 1.15. The minimum atomic E-state index is -1.86. The summed E-state index contributed by atoms with van der Waals surface area (Å²) in [5, 5.41) is 0.123. The quantitative estimate of drug-likeness (QED) is 0.838. The van der Waals surface area contributed by atoms with Gasteiger partial charge in [-0.1, -0.05) is 27.7 Å². The highest BCUT2D eigenvalue weighted by atomic mass is 28.4. The second-order valence-electron chi connectivity index (χ2n) is 8.10. The largest absolute Gasteiger partial charge is 0.414 e. The predicted molar refractivity (Wildman–Crippen MR) is 93.7 cm³/mol. The summed E-state index contributed by atoms with van der Waals surface area (Å²) < 4.78 is 27.0. The summed E-state index contributed by atoms with van der Waals surface area (Å²) in [7, 11) is -1.86. The van der Waals surface area contributed by atoms with Crippen molar-refractivity contribution in [1.82, 2.24) is 9.55 Å². The van der Waals surface area contributed by atoms with E-state index in [4.69, 9.17) is 14.9 Å². The first-order valence-electron chi connectivity index (χ1n) is 8.26. The number of nitrogen functional groups attached to an aromatic ring is 1. The Morgan fingerprint density at radius 2 is 2.12 bits per heavy atom. The molecule has 8 heteroatoms. The molecule has 1 unspecified atom stereocenters. The second kappa shape index (κ2) is 6.57. The number of aromatic nitrogens is 2. The molecule has 1 aliphatic rings.